The SMILES string of the molecule is CN(CC(=O)N1CCCn2nc([C@@H](O)CO)cc2C1)Cc1ccc(F)cc1. The lowest BCUT2D eigenvalue weighted by Crippen LogP contribution is -2.38. The zero-order valence-corrected chi connectivity index (χ0v) is 15.4. The Morgan fingerprint density at radius 1 is 1.33 bits per heavy atom. The van der Waals surface area contributed by atoms with Crippen molar-refractivity contribution >= 4 is 5.91 Å². The number of carbonyl (C=O) groups excluding carboxylic acids is 1. The van der Waals surface area contributed by atoms with Crippen LogP contribution in [0, 0.1) is 5.82 Å². The Morgan fingerprint density at radius 2 is 2.07 bits per heavy atom. The van der Waals surface area contributed by atoms with Crippen LogP contribution in [-0.4, -0.2) is 62.4 Å². The molecular weight excluding hydrogens is 351 g/mol. The van der Waals surface area contributed by atoms with Crippen LogP contribution in [0.5, 0.6) is 0 Å². The van der Waals surface area contributed by atoms with Gasteiger partial charge in [0.05, 0.1) is 31.1 Å². The highest BCUT2D eigenvalue weighted by Gasteiger charge is 2.23. The van der Waals surface area contributed by atoms with Gasteiger partial charge in [-0.15, -0.1) is 0 Å². The summed E-state index contributed by atoms with van der Waals surface area (Å²) in [6.07, 6.45) is -0.230. The third-order valence-corrected chi connectivity index (χ3v) is 4.67. The Balaban J connectivity index is 1.60. The van der Waals surface area contributed by atoms with Gasteiger partial charge in [0.25, 0.3) is 0 Å². The number of amides is 1. The van der Waals surface area contributed by atoms with Crippen molar-refractivity contribution in [2.45, 2.75) is 32.2 Å². The minimum Gasteiger partial charge on any atom is -0.393 e. The smallest absolute Gasteiger partial charge is 0.237 e. The predicted molar refractivity (Wildman–Crippen MR) is 97.0 cm³/mol. The molecule has 0 aliphatic carbocycles. The van der Waals surface area contributed by atoms with Crippen LogP contribution in [0.4, 0.5) is 4.39 Å². The summed E-state index contributed by atoms with van der Waals surface area (Å²) >= 11 is 0. The standard InChI is InChI=1S/C19H25FN4O3/c1-22(10-14-3-5-15(20)6-4-14)12-19(27)23-7-2-8-24-16(11-23)9-17(21-24)18(26)13-25/h3-6,9,18,25-26H,2,7-8,10-13H2,1H3/t18-/m0/s1. The first kappa shape index (κ1) is 19.5. The topological polar surface area (TPSA) is 81.8 Å². The van der Waals surface area contributed by atoms with E-state index in [1.165, 1.54) is 12.1 Å². The van der Waals surface area contributed by atoms with Crippen molar-refractivity contribution in [2.75, 3.05) is 26.7 Å². The van der Waals surface area contributed by atoms with Crippen LogP contribution in [0.3, 0.4) is 0 Å². The van der Waals surface area contributed by atoms with Crippen molar-refractivity contribution in [3.8, 4) is 0 Å². The Hall–Kier alpha value is -2.29. The van der Waals surface area contributed by atoms with E-state index < -0.39 is 6.10 Å². The van der Waals surface area contributed by atoms with Gasteiger partial charge in [-0.25, -0.2) is 4.39 Å². The number of fused-ring (bicyclic) bond motifs is 1. The first-order chi connectivity index (χ1) is 13.0. The van der Waals surface area contributed by atoms with Crippen molar-refractivity contribution in [3.05, 3.63) is 53.1 Å². The molecule has 0 fully saturated rings. The van der Waals surface area contributed by atoms with Gasteiger partial charge in [-0.1, -0.05) is 12.1 Å². The second kappa shape index (κ2) is 8.60. The number of rotatable bonds is 6. The van der Waals surface area contributed by atoms with Crippen LogP contribution in [-0.2, 0) is 24.4 Å². The largest absolute Gasteiger partial charge is 0.393 e. The normalized spacial score (nSPS) is 15.5. The van der Waals surface area contributed by atoms with Crippen LogP contribution in [0.15, 0.2) is 30.3 Å². The van der Waals surface area contributed by atoms with E-state index in [1.54, 1.807) is 27.8 Å². The van der Waals surface area contributed by atoms with Crippen LogP contribution < -0.4 is 0 Å². The molecule has 146 valence electrons. The average Bonchev–Trinajstić information content (AvgIpc) is 2.94. The number of benzene rings is 1. The molecule has 1 aliphatic rings. The molecule has 2 N–H and O–H groups in total. The molecule has 0 radical (unpaired) electrons. The number of hydrogen-bond acceptors (Lipinski definition) is 5. The van der Waals surface area contributed by atoms with Gasteiger partial charge < -0.3 is 15.1 Å². The first-order valence-corrected chi connectivity index (χ1v) is 9.02. The highest BCUT2D eigenvalue weighted by molar-refractivity contribution is 5.78. The molecule has 0 saturated carbocycles. The van der Waals surface area contributed by atoms with E-state index in [1.807, 2.05) is 11.9 Å². The van der Waals surface area contributed by atoms with E-state index >= 15 is 0 Å². The number of carbonyl (C=O) groups is 1. The Labute approximate surface area is 157 Å². The third-order valence-electron chi connectivity index (χ3n) is 4.67. The van der Waals surface area contributed by atoms with Crippen LogP contribution in [0.25, 0.3) is 0 Å². The number of halogens is 1. The maximum atomic E-state index is 13.0. The predicted octanol–water partition coefficient (Wildman–Crippen LogP) is 0.912. The summed E-state index contributed by atoms with van der Waals surface area (Å²) in [5.74, 6) is -0.261. The second-order valence-electron chi connectivity index (χ2n) is 6.95. The highest BCUT2D eigenvalue weighted by atomic mass is 19.1. The minimum atomic E-state index is -1.00. The molecule has 2 aromatic rings. The summed E-state index contributed by atoms with van der Waals surface area (Å²) in [6, 6.07) is 8.01. The molecule has 3 rings (SSSR count). The molecule has 0 unspecified atom stereocenters. The number of hydrogen-bond donors (Lipinski definition) is 2. The fourth-order valence-electron chi connectivity index (χ4n) is 3.24. The number of likely N-dealkylation sites (N-methyl/N-ethyl adjacent to an activating group) is 1. The molecule has 0 spiro atoms. The quantitative estimate of drug-likeness (QED) is 0.783. The van der Waals surface area contributed by atoms with E-state index in [0.29, 0.717) is 31.9 Å². The van der Waals surface area contributed by atoms with Gasteiger partial charge >= 0.3 is 0 Å². The molecule has 1 aliphatic heterocycles. The van der Waals surface area contributed by atoms with E-state index in [9.17, 15) is 14.3 Å². The maximum Gasteiger partial charge on any atom is 0.237 e. The van der Waals surface area contributed by atoms with Crippen molar-refractivity contribution in [3.63, 3.8) is 0 Å². The molecule has 2 heterocycles. The molecule has 1 aromatic heterocycles. The summed E-state index contributed by atoms with van der Waals surface area (Å²) in [5.41, 5.74) is 2.23. The lowest BCUT2D eigenvalue weighted by atomic mass is 10.2. The molecule has 0 bridgehead atoms. The van der Waals surface area contributed by atoms with Gasteiger partial charge in [-0.3, -0.25) is 14.4 Å². The van der Waals surface area contributed by atoms with Gasteiger partial charge in [-0.05, 0) is 37.2 Å². The monoisotopic (exact) mass is 376 g/mol. The minimum absolute atomic E-state index is 0.0125. The number of aliphatic hydroxyl groups is 2. The van der Waals surface area contributed by atoms with E-state index in [4.69, 9.17) is 5.11 Å². The number of aromatic nitrogens is 2. The van der Waals surface area contributed by atoms with Gasteiger partial charge in [0.1, 0.15) is 11.9 Å². The van der Waals surface area contributed by atoms with E-state index in [-0.39, 0.29) is 24.9 Å². The van der Waals surface area contributed by atoms with Gasteiger partial charge in [0.2, 0.25) is 5.91 Å². The summed E-state index contributed by atoms with van der Waals surface area (Å²) in [7, 11) is 1.86. The van der Waals surface area contributed by atoms with Crippen LogP contribution >= 0.6 is 0 Å². The van der Waals surface area contributed by atoms with Crippen molar-refractivity contribution < 1.29 is 19.4 Å². The van der Waals surface area contributed by atoms with Gasteiger partial charge in [-0.2, -0.15) is 5.10 Å². The van der Waals surface area contributed by atoms with E-state index in [2.05, 4.69) is 5.10 Å². The molecule has 0 saturated heterocycles. The van der Waals surface area contributed by atoms with E-state index in [0.717, 1.165) is 17.7 Å². The lowest BCUT2D eigenvalue weighted by molar-refractivity contribution is -0.132. The van der Waals surface area contributed by atoms with Gasteiger partial charge in [0, 0.05) is 19.6 Å². The maximum absolute atomic E-state index is 13.0. The van der Waals surface area contributed by atoms with Crippen LogP contribution in [0.2, 0.25) is 0 Å². The Bertz CT molecular complexity index is 778. The lowest BCUT2D eigenvalue weighted by Gasteiger charge is -2.24. The Morgan fingerprint density at radius 3 is 2.78 bits per heavy atom. The summed E-state index contributed by atoms with van der Waals surface area (Å²) < 4.78 is 14.8. The third kappa shape index (κ3) is 4.91. The fourth-order valence-corrected chi connectivity index (χ4v) is 3.24. The molecule has 1 aromatic carbocycles. The Kier molecular flexibility index (Phi) is 6.20. The zero-order valence-electron chi connectivity index (χ0n) is 15.4. The highest BCUT2D eigenvalue weighted by Crippen LogP contribution is 2.18. The summed E-state index contributed by atoms with van der Waals surface area (Å²) in [5, 5.41) is 23.2. The number of nitrogens with zero attached hydrogens (tertiary/aromatic N) is 4. The molecular formula is C19H25FN4O3. The fraction of sp³-hybridized carbons (Fsp3) is 0.474. The molecule has 7 nitrogen and oxygen atoms in total. The summed E-state index contributed by atoms with van der Waals surface area (Å²) in [4.78, 5) is 16.4. The molecule has 1 atom stereocenters. The van der Waals surface area contributed by atoms with Crippen molar-refractivity contribution in [1.82, 2.24) is 19.6 Å². The first-order valence-electron chi connectivity index (χ1n) is 9.02. The number of aryl methyl sites for hydroxylation is 1. The molecule has 1 amide bonds. The number of aliphatic hydroxyl groups excluding tert-OH is 2. The second-order valence-corrected chi connectivity index (χ2v) is 6.95. The van der Waals surface area contributed by atoms with Crippen molar-refractivity contribution in [1.29, 1.82) is 0 Å². The van der Waals surface area contributed by atoms with Crippen molar-refractivity contribution in [2.24, 2.45) is 0 Å². The van der Waals surface area contributed by atoms with Crippen LogP contribution in [0.1, 0.15) is 29.5 Å². The summed E-state index contributed by atoms with van der Waals surface area (Å²) in [6.45, 7) is 2.18. The average molecular weight is 376 g/mol. The zero-order chi connectivity index (χ0) is 19.4. The molecule has 8 heteroatoms. The molecule has 27 heavy (non-hydrogen) atoms. The van der Waals surface area contributed by atoms with Gasteiger partial charge in [0.15, 0.2) is 0 Å².